The number of carbonyl (C=O) groups is 1. The lowest BCUT2D eigenvalue weighted by Gasteiger charge is -2.26. The zero-order valence-electron chi connectivity index (χ0n) is 11.0. The van der Waals surface area contributed by atoms with Crippen molar-refractivity contribution in [1.29, 1.82) is 0 Å². The average Bonchev–Trinajstić information content (AvgIpc) is 2.34. The van der Waals surface area contributed by atoms with E-state index in [1.807, 2.05) is 0 Å². The summed E-state index contributed by atoms with van der Waals surface area (Å²) in [7, 11) is 0. The molecule has 1 heterocycles. The molecule has 0 spiro atoms. The summed E-state index contributed by atoms with van der Waals surface area (Å²) in [5.41, 5.74) is 5.19. The summed E-state index contributed by atoms with van der Waals surface area (Å²) in [6.07, 6.45) is 7.65. The third-order valence-corrected chi connectivity index (χ3v) is 3.11. The highest BCUT2D eigenvalue weighted by Crippen LogP contribution is 2.09. The first-order chi connectivity index (χ1) is 7.83. The van der Waals surface area contributed by atoms with Gasteiger partial charge in [-0.25, -0.2) is 0 Å². The molecule has 0 atom stereocenters. The van der Waals surface area contributed by atoms with E-state index in [-0.39, 0.29) is 37.3 Å². The minimum absolute atomic E-state index is 0. The molecule has 1 rings (SSSR count). The zero-order chi connectivity index (χ0) is 11.6. The highest BCUT2D eigenvalue weighted by molar-refractivity contribution is 5.85. The van der Waals surface area contributed by atoms with Gasteiger partial charge in [-0.3, -0.25) is 4.79 Å². The van der Waals surface area contributed by atoms with Crippen molar-refractivity contribution in [1.82, 2.24) is 10.2 Å². The Hall–Kier alpha value is -0.0300. The Morgan fingerprint density at radius 3 is 2.33 bits per heavy atom. The number of carbonyl (C=O) groups excluding carboxylic acids is 1. The topological polar surface area (TPSA) is 58.4 Å². The first-order valence-electron chi connectivity index (χ1n) is 6.52. The highest BCUT2D eigenvalue weighted by Gasteiger charge is 2.08. The van der Waals surface area contributed by atoms with Crippen molar-refractivity contribution in [3.8, 4) is 0 Å². The van der Waals surface area contributed by atoms with Crippen LogP contribution in [0.3, 0.4) is 0 Å². The number of nitrogens with two attached hydrogens (primary N) is 1. The standard InChI is InChI=1S/C12H25N3O.2ClH/c13-11-12(16)14-7-3-1-4-8-15-9-5-2-6-10-15;;/h1-11,13H2,(H,14,16);2*1H. The Morgan fingerprint density at radius 1 is 1.06 bits per heavy atom. The quantitative estimate of drug-likeness (QED) is 0.702. The van der Waals surface area contributed by atoms with Gasteiger partial charge in [0.1, 0.15) is 0 Å². The molecule has 0 bridgehead atoms. The van der Waals surface area contributed by atoms with Crippen molar-refractivity contribution < 1.29 is 4.79 Å². The maximum absolute atomic E-state index is 10.8. The maximum Gasteiger partial charge on any atom is 0.233 e. The molecule has 1 fully saturated rings. The molecule has 0 aromatic heterocycles. The number of hydrogen-bond acceptors (Lipinski definition) is 3. The molecule has 0 aliphatic carbocycles. The van der Waals surface area contributed by atoms with E-state index in [1.165, 1.54) is 51.7 Å². The molecule has 0 aromatic carbocycles. The summed E-state index contributed by atoms with van der Waals surface area (Å²) in [6.45, 7) is 4.67. The molecule has 4 nitrogen and oxygen atoms in total. The third-order valence-electron chi connectivity index (χ3n) is 3.11. The van der Waals surface area contributed by atoms with Crippen molar-refractivity contribution in [2.75, 3.05) is 32.7 Å². The molecule has 0 unspecified atom stereocenters. The number of rotatable bonds is 7. The van der Waals surface area contributed by atoms with E-state index in [2.05, 4.69) is 10.2 Å². The summed E-state index contributed by atoms with van der Waals surface area (Å²) in [5.74, 6) is -0.0453. The minimum atomic E-state index is -0.0453. The molecule has 1 aliphatic rings. The van der Waals surface area contributed by atoms with Gasteiger partial charge in [0.2, 0.25) is 5.91 Å². The minimum Gasteiger partial charge on any atom is -0.355 e. The Balaban J connectivity index is 0. The largest absolute Gasteiger partial charge is 0.355 e. The van der Waals surface area contributed by atoms with Gasteiger partial charge in [0, 0.05) is 6.54 Å². The number of nitrogens with zero attached hydrogens (tertiary/aromatic N) is 1. The predicted octanol–water partition coefficient (Wildman–Crippen LogP) is 1.56. The normalized spacial score (nSPS) is 15.4. The second kappa shape index (κ2) is 13.4. The van der Waals surface area contributed by atoms with Crippen molar-refractivity contribution in [3.63, 3.8) is 0 Å². The van der Waals surface area contributed by atoms with Gasteiger partial charge >= 0.3 is 0 Å². The molecule has 0 saturated carbocycles. The number of unbranched alkanes of at least 4 members (excludes halogenated alkanes) is 2. The number of nitrogens with one attached hydrogen (secondary N) is 1. The monoisotopic (exact) mass is 299 g/mol. The van der Waals surface area contributed by atoms with Crippen molar-refractivity contribution in [2.24, 2.45) is 5.73 Å². The van der Waals surface area contributed by atoms with Gasteiger partial charge in [-0.15, -0.1) is 24.8 Å². The molecular formula is C12H27Cl2N3O. The van der Waals surface area contributed by atoms with Crippen LogP contribution in [-0.2, 0) is 4.79 Å². The summed E-state index contributed by atoms with van der Waals surface area (Å²) >= 11 is 0. The fourth-order valence-corrected chi connectivity index (χ4v) is 2.12. The molecule has 18 heavy (non-hydrogen) atoms. The highest BCUT2D eigenvalue weighted by atomic mass is 35.5. The summed E-state index contributed by atoms with van der Waals surface area (Å²) < 4.78 is 0. The van der Waals surface area contributed by atoms with Gasteiger partial charge in [0.05, 0.1) is 6.54 Å². The second-order valence-corrected chi connectivity index (χ2v) is 4.52. The smallest absolute Gasteiger partial charge is 0.233 e. The Morgan fingerprint density at radius 2 is 1.72 bits per heavy atom. The van der Waals surface area contributed by atoms with Gasteiger partial charge in [-0.2, -0.15) is 0 Å². The van der Waals surface area contributed by atoms with E-state index in [9.17, 15) is 4.79 Å². The fourth-order valence-electron chi connectivity index (χ4n) is 2.12. The lowest BCUT2D eigenvalue weighted by molar-refractivity contribution is -0.119. The molecule has 6 heteroatoms. The number of hydrogen-bond donors (Lipinski definition) is 2. The zero-order valence-corrected chi connectivity index (χ0v) is 12.7. The molecule has 0 radical (unpaired) electrons. The van der Waals surface area contributed by atoms with Crippen LogP contribution in [-0.4, -0.2) is 43.5 Å². The fraction of sp³-hybridized carbons (Fsp3) is 0.917. The van der Waals surface area contributed by atoms with Crippen LogP contribution in [0.1, 0.15) is 38.5 Å². The van der Waals surface area contributed by atoms with Crippen LogP contribution in [0.15, 0.2) is 0 Å². The predicted molar refractivity (Wildman–Crippen MR) is 80.7 cm³/mol. The third kappa shape index (κ3) is 9.95. The van der Waals surface area contributed by atoms with Crippen molar-refractivity contribution in [2.45, 2.75) is 38.5 Å². The van der Waals surface area contributed by atoms with E-state index in [1.54, 1.807) is 0 Å². The van der Waals surface area contributed by atoms with Crippen LogP contribution in [0.2, 0.25) is 0 Å². The second-order valence-electron chi connectivity index (χ2n) is 4.52. The van der Waals surface area contributed by atoms with Crippen molar-refractivity contribution >= 4 is 30.7 Å². The van der Waals surface area contributed by atoms with E-state index in [0.29, 0.717) is 0 Å². The van der Waals surface area contributed by atoms with E-state index in [0.717, 1.165) is 13.0 Å². The van der Waals surface area contributed by atoms with Gasteiger partial charge < -0.3 is 16.0 Å². The lowest BCUT2D eigenvalue weighted by atomic mass is 10.1. The first-order valence-corrected chi connectivity index (χ1v) is 6.52. The van der Waals surface area contributed by atoms with Crippen LogP contribution in [0.25, 0.3) is 0 Å². The van der Waals surface area contributed by atoms with E-state index in [4.69, 9.17) is 5.73 Å². The van der Waals surface area contributed by atoms with E-state index >= 15 is 0 Å². The molecule has 3 N–H and O–H groups in total. The number of likely N-dealkylation sites (tertiary alicyclic amines) is 1. The first kappa shape index (κ1) is 20.3. The molecule has 1 aliphatic heterocycles. The number of amides is 1. The van der Waals surface area contributed by atoms with Crippen LogP contribution >= 0.6 is 24.8 Å². The maximum atomic E-state index is 10.8. The van der Waals surface area contributed by atoms with Gasteiger partial charge in [0.25, 0.3) is 0 Å². The average molecular weight is 300 g/mol. The van der Waals surface area contributed by atoms with Gasteiger partial charge in [-0.05, 0) is 45.3 Å². The Kier molecular flexibility index (Phi) is 15.1. The number of piperidine rings is 1. The van der Waals surface area contributed by atoms with Crippen LogP contribution in [0.5, 0.6) is 0 Å². The Labute approximate surface area is 123 Å². The van der Waals surface area contributed by atoms with Crippen LogP contribution in [0.4, 0.5) is 0 Å². The summed E-state index contributed by atoms with van der Waals surface area (Å²) in [5, 5.41) is 2.79. The lowest BCUT2D eigenvalue weighted by Crippen LogP contribution is -2.31. The molecule has 110 valence electrons. The summed E-state index contributed by atoms with van der Waals surface area (Å²) in [6, 6.07) is 0. The van der Waals surface area contributed by atoms with Crippen LogP contribution in [0, 0.1) is 0 Å². The van der Waals surface area contributed by atoms with Crippen molar-refractivity contribution in [3.05, 3.63) is 0 Å². The summed E-state index contributed by atoms with van der Waals surface area (Å²) in [4.78, 5) is 13.4. The molecular weight excluding hydrogens is 273 g/mol. The Bertz CT molecular complexity index is 200. The molecule has 0 aromatic rings. The molecule has 1 saturated heterocycles. The molecule has 1 amide bonds. The van der Waals surface area contributed by atoms with E-state index < -0.39 is 0 Å². The number of halogens is 2. The van der Waals surface area contributed by atoms with Crippen LogP contribution < -0.4 is 11.1 Å². The van der Waals surface area contributed by atoms with Gasteiger partial charge in [-0.1, -0.05) is 12.8 Å². The van der Waals surface area contributed by atoms with Gasteiger partial charge in [0.15, 0.2) is 0 Å². The SMILES string of the molecule is Cl.Cl.NCC(=O)NCCCCCN1CCCCC1.